The molecule has 0 aliphatic rings. The fourth-order valence-corrected chi connectivity index (χ4v) is 2.33. The fourth-order valence-electron chi connectivity index (χ4n) is 2.33. The number of benzene rings is 2. The lowest BCUT2D eigenvalue weighted by Crippen LogP contribution is -2.26. The highest BCUT2D eigenvalue weighted by Gasteiger charge is 2.10. The molecular weight excluding hydrogens is 334 g/mol. The lowest BCUT2D eigenvalue weighted by Gasteiger charge is -2.08. The number of hydrogen-bond acceptors (Lipinski definition) is 6. The second-order valence-electron chi connectivity index (χ2n) is 5.70. The van der Waals surface area contributed by atoms with Gasteiger partial charge in [-0.1, -0.05) is 30.7 Å². The van der Waals surface area contributed by atoms with E-state index in [2.05, 4.69) is 17.2 Å². The summed E-state index contributed by atoms with van der Waals surface area (Å²) >= 11 is 0. The Hall–Kier alpha value is -3.22. The van der Waals surface area contributed by atoms with Crippen LogP contribution in [0.2, 0.25) is 0 Å². The molecule has 0 aliphatic carbocycles. The number of hydrogen-bond donors (Lipinski definition) is 0. The molecule has 26 heavy (non-hydrogen) atoms. The molecule has 7 heteroatoms. The smallest absolute Gasteiger partial charge is 0.339 e. The maximum absolute atomic E-state index is 12.3. The third kappa shape index (κ3) is 4.05. The van der Waals surface area contributed by atoms with E-state index in [1.807, 2.05) is 0 Å². The molecule has 7 nitrogen and oxygen atoms in total. The van der Waals surface area contributed by atoms with Crippen LogP contribution in [0, 0.1) is 0 Å². The van der Waals surface area contributed by atoms with Crippen molar-refractivity contribution in [2.24, 2.45) is 0 Å². The van der Waals surface area contributed by atoms with Crippen molar-refractivity contribution in [1.29, 1.82) is 0 Å². The van der Waals surface area contributed by atoms with Gasteiger partial charge in [0.25, 0.3) is 5.56 Å². The van der Waals surface area contributed by atoms with Crippen molar-refractivity contribution in [3.8, 4) is 5.75 Å². The molecule has 0 bridgehead atoms. The van der Waals surface area contributed by atoms with Crippen LogP contribution in [-0.2, 0) is 11.5 Å². The zero-order valence-corrected chi connectivity index (χ0v) is 14.4. The minimum absolute atomic E-state index is 0.301. The average Bonchev–Trinajstić information content (AvgIpc) is 2.68. The van der Waals surface area contributed by atoms with E-state index in [4.69, 9.17) is 9.47 Å². The number of carbonyl (C=O) groups excluding carboxylic acids is 1. The summed E-state index contributed by atoms with van der Waals surface area (Å²) in [5, 5.41) is 8.15. The van der Waals surface area contributed by atoms with E-state index in [9.17, 15) is 9.59 Å². The van der Waals surface area contributed by atoms with Gasteiger partial charge in [0, 0.05) is 0 Å². The Labute approximate surface area is 150 Å². The van der Waals surface area contributed by atoms with E-state index in [1.165, 1.54) is 0 Å². The molecule has 0 amide bonds. The summed E-state index contributed by atoms with van der Waals surface area (Å²) in [7, 11) is 0. The first-order valence-electron chi connectivity index (χ1n) is 8.41. The quantitative estimate of drug-likeness (QED) is 0.480. The lowest BCUT2D eigenvalue weighted by molar-refractivity contribution is 0.0336. The van der Waals surface area contributed by atoms with Crippen molar-refractivity contribution in [1.82, 2.24) is 15.0 Å². The van der Waals surface area contributed by atoms with Gasteiger partial charge in [-0.15, -0.1) is 5.10 Å². The van der Waals surface area contributed by atoms with Gasteiger partial charge in [-0.05, 0) is 42.8 Å². The highest BCUT2D eigenvalue weighted by Crippen LogP contribution is 2.13. The van der Waals surface area contributed by atoms with Gasteiger partial charge in [0.2, 0.25) is 0 Å². The summed E-state index contributed by atoms with van der Waals surface area (Å²) in [5.74, 6) is 0.151. The molecule has 0 radical (unpaired) electrons. The predicted octanol–water partition coefficient (Wildman–Crippen LogP) is 2.78. The monoisotopic (exact) mass is 353 g/mol. The zero-order valence-electron chi connectivity index (χ0n) is 14.4. The number of aromatic nitrogens is 3. The Bertz CT molecular complexity index is 951. The predicted molar refractivity (Wildman–Crippen MR) is 96.1 cm³/mol. The van der Waals surface area contributed by atoms with E-state index in [-0.39, 0.29) is 12.3 Å². The summed E-state index contributed by atoms with van der Waals surface area (Å²) in [6, 6.07) is 13.5. The lowest BCUT2D eigenvalue weighted by atomic mass is 10.2. The SMILES string of the molecule is CCCCOc1ccc(C(=O)OCn2nnc3ccccc3c2=O)cc1. The second-order valence-corrected chi connectivity index (χ2v) is 5.70. The van der Waals surface area contributed by atoms with Crippen LogP contribution in [0.4, 0.5) is 0 Å². The normalized spacial score (nSPS) is 10.7. The molecule has 0 spiro atoms. The maximum atomic E-state index is 12.3. The summed E-state index contributed by atoms with van der Waals surface area (Å²) in [6.45, 7) is 2.43. The van der Waals surface area contributed by atoms with Gasteiger partial charge in [-0.3, -0.25) is 4.79 Å². The number of carbonyl (C=O) groups is 1. The Kier molecular flexibility index (Phi) is 5.58. The molecule has 3 aromatic rings. The van der Waals surface area contributed by atoms with Crippen LogP contribution in [0.5, 0.6) is 5.75 Å². The Morgan fingerprint density at radius 3 is 2.65 bits per heavy atom. The number of rotatable bonds is 7. The van der Waals surface area contributed by atoms with E-state index in [0.717, 1.165) is 17.5 Å². The summed E-state index contributed by atoms with van der Waals surface area (Å²) in [5.41, 5.74) is 0.511. The molecule has 1 aromatic heterocycles. The van der Waals surface area contributed by atoms with Gasteiger partial charge in [0.1, 0.15) is 11.3 Å². The average molecular weight is 353 g/mol. The second kappa shape index (κ2) is 8.24. The van der Waals surface area contributed by atoms with Gasteiger partial charge in [-0.2, -0.15) is 4.68 Å². The van der Waals surface area contributed by atoms with Crippen molar-refractivity contribution in [2.75, 3.05) is 6.61 Å². The molecule has 1 heterocycles. The Balaban J connectivity index is 1.64. The van der Waals surface area contributed by atoms with Crippen molar-refractivity contribution < 1.29 is 14.3 Å². The molecule has 0 unspecified atom stereocenters. The number of esters is 1. The minimum atomic E-state index is -0.549. The van der Waals surface area contributed by atoms with Gasteiger partial charge in [-0.25, -0.2) is 4.79 Å². The highest BCUT2D eigenvalue weighted by atomic mass is 16.5. The van der Waals surface area contributed by atoms with Crippen molar-refractivity contribution in [3.63, 3.8) is 0 Å². The molecule has 3 rings (SSSR count). The van der Waals surface area contributed by atoms with Crippen LogP contribution in [0.1, 0.15) is 30.1 Å². The van der Waals surface area contributed by atoms with Crippen LogP contribution >= 0.6 is 0 Å². The summed E-state index contributed by atoms with van der Waals surface area (Å²) < 4.78 is 11.7. The molecule has 2 aromatic carbocycles. The van der Waals surface area contributed by atoms with E-state index >= 15 is 0 Å². The van der Waals surface area contributed by atoms with Gasteiger partial charge >= 0.3 is 5.97 Å². The number of ether oxygens (including phenoxy) is 2. The topological polar surface area (TPSA) is 83.3 Å². The van der Waals surface area contributed by atoms with Gasteiger partial charge < -0.3 is 9.47 Å². The van der Waals surface area contributed by atoms with Crippen LogP contribution < -0.4 is 10.3 Å². The van der Waals surface area contributed by atoms with E-state index in [1.54, 1.807) is 48.5 Å². The zero-order chi connectivity index (χ0) is 18.4. The fraction of sp³-hybridized carbons (Fsp3) is 0.263. The highest BCUT2D eigenvalue weighted by molar-refractivity contribution is 5.89. The molecule has 0 saturated heterocycles. The van der Waals surface area contributed by atoms with Crippen LogP contribution in [0.3, 0.4) is 0 Å². The third-order valence-corrected chi connectivity index (χ3v) is 3.80. The maximum Gasteiger partial charge on any atom is 0.339 e. The first-order valence-corrected chi connectivity index (χ1v) is 8.41. The first-order chi connectivity index (χ1) is 12.7. The number of unbranched alkanes of at least 4 members (excludes halogenated alkanes) is 1. The molecule has 0 N–H and O–H groups in total. The van der Waals surface area contributed by atoms with Crippen molar-refractivity contribution >= 4 is 16.9 Å². The van der Waals surface area contributed by atoms with Gasteiger partial charge in [0.15, 0.2) is 6.73 Å². The molecule has 134 valence electrons. The van der Waals surface area contributed by atoms with Crippen LogP contribution in [-0.4, -0.2) is 27.6 Å². The Morgan fingerprint density at radius 2 is 1.88 bits per heavy atom. The number of fused-ring (bicyclic) bond motifs is 1. The molecular formula is C19H19N3O4. The van der Waals surface area contributed by atoms with Crippen molar-refractivity contribution in [2.45, 2.75) is 26.5 Å². The standard InChI is InChI=1S/C19H19N3O4/c1-2-3-12-25-15-10-8-14(9-11-15)19(24)26-13-22-18(23)16-6-4-5-7-17(16)20-21-22/h4-11H,2-3,12-13H2,1H3. The summed E-state index contributed by atoms with van der Waals surface area (Å²) in [6.07, 6.45) is 2.03. The Morgan fingerprint density at radius 1 is 1.12 bits per heavy atom. The van der Waals surface area contributed by atoms with E-state index < -0.39 is 5.97 Å². The molecule has 0 fully saturated rings. The molecule has 0 saturated carbocycles. The third-order valence-electron chi connectivity index (χ3n) is 3.80. The molecule has 0 aliphatic heterocycles. The first kappa shape index (κ1) is 17.6. The number of nitrogens with zero attached hydrogens (tertiary/aromatic N) is 3. The largest absolute Gasteiger partial charge is 0.494 e. The van der Waals surface area contributed by atoms with Gasteiger partial charge in [0.05, 0.1) is 17.6 Å². The van der Waals surface area contributed by atoms with Crippen LogP contribution in [0.25, 0.3) is 10.9 Å². The van der Waals surface area contributed by atoms with Crippen molar-refractivity contribution in [3.05, 3.63) is 64.4 Å². The minimum Gasteiger partial charge on any atom is -0.494 e. The van der Waals surface area contributed by atoms with E-state index in [0.29, 0.717) is 28.8 Å². The van der Waals surface area contributed by atoms with Crippen LogP contribution in [0.15, 0.2) is 53.3 Å². The molecule has 0 atom stereocenters. The summed E-state index contributed by atoms with van der Waals surface area (Å²) in [4.78, 5) is 24.4.